The Kier molecular flexibility index (Phi) is 3.72. The van der Waals surface area contributed by atoms with Gasteiger partial charge in [-0.2, -0.15) is 0 Å². The molecule has 0 saturated heterocycles. The van der Waals surface area contributed by atoms with Crippen LogP contribution in [-0.2, 0) is 0 Å². The Hall–Kier alpha value is -0.730. The standard InChI is InChI=1S/C16H21ClO2/c17-12-6-7-15-13(10-12)14(18)11-16(19-15)8-4-2-1-3-5-9-16/h6-7,10,14,18H,1-5,8-9,11H2/t14-/m0/s1. The third kappa shape index (κ3) is 2.75. The smallest absolute Gasteiger partial charge is 0.126 e. The molecule has 3 heteroatoms. The fourth-order valence-corrected chi connectivity index (χ4v) is 3.65. The molecule has 1 aliphatic carbocycles. The summed E-state index contributed by atoms with van der Waals surface area (Å²) in [6.45, 7) is 0. The molecule has 19 heavy (non-hydrogen) atoms. The van der Waals surface area contributed by atoms with Crippen LogP contribution in [0.1, 0.15) is 63.0 Å². The minimum atomic E-state index is -0.443. The summed E-state index contributed by atoms with van der Waals surface area (Å²) < 4.78 is 6.30. The summed E-state index contributed by atoms with van der Waals surface area (Å²) in [5.74, 6) is 0.823. The Bertz CT molecular complexity index is 450. The first-order valence-electron chi connectivity index (χ1n) is 7.35. The number of hydrogen-bond donors (Lipinski definition) is 1. The molecule has 1 aromatic carbocycles. The molecule has 1 aromatic rings. The maximum atomic E-state index is 10.4. The van der Waals surface area contributed by atoms with Crippen LogP contribution in [0.4, 0.5) is 0 Å². The van der Waals surface area contributed by atoms with E-state index in [0.717, 1.165) is 24.2 Å². The number of benzene rings is 1. The topological polar surface area (TPSA) is 29.5 Å². The highest BCUT2D eigenvalue weighted by Crippen LogP contribution is 2.45. The molecule has 0 amide bonds. The van der Waals surface area contributed by atoms with Crippen LogP contribution in [0, 0.1) is 0 Å². The van der Waals surface area contributed by atoms with Crippen molar-refractivity contribution in [3.8, 4) is 5.75 Å². The molecule has 1 atom stereocenters. The highest BCUT2D eigenvalue weighted by molar-refractivity contribution is 6.30. The van der Waals surface area contributed by atoms with E-state index in [1.165, 1.54) is 32.1 Å². The van der Waals surface area contributed by atoms with Gasteiger partial charge in [0.15, 0.2) is 0 Å². The number of ether oxygens (including phenoxy) is 1. The Morgan fingerprint density at radius 1 is 1.11 bits per heavy atom. The zero-order valence-corrected chi connectivity index (χ0v) is 12.0. The molecule has 2 nitrogen and oxygen atoms in total. The van der Waals surface area contributed by atoms with Crippen LogP contribution in [0.5, 0.6) is 5.75 Å². The Morgan fingerprint density at radius 3 is 2.53 bits per heavy atom. The summed E-state index contributed by atoms with van der Waals surface area (Å²) in [7, 11) is 0. The van der Waals surface area contributed by atoms with E-state index in [-0.39, 0.29) is 5.60 Å². The fraction of sp³-hybridized carbons (Fsp3) is 0.625. The van der Waals surface area contributed by atoms with E-state index in [0.29, 0.717) is 11.4 Å². The predicted octanol–water partition coefficient (Wildman–Crippen LogP) is 4.64. The number of aliphatic hydroxyl groups excluding tert-OH is 1. The Morgan fingerprint density at radius 2 is 1.79 bits per heavy atom. The molecular weight excluding hydrogens is 260 g/mol. The summed E-state index contributed by atoms with van der Waals surface area (Å²) in [6, 6.07) is 5.58. The van der Waals surface area contributed by atoms with E-state index in [1.807, 2.05) is 18.2 Å². The molecule has 104 valence electrons. The minimum absolute atomic E-state index is 0.152. The summed E-state index contributed by atoms with van der Waals surface area (Å²) in [4.78, 5) is 0. The van der Waals surface area contributed by atoms with Crippen LogP contribution in [-0.4, -0.2) is 10.7 Å². The molecular formula is C16H21ClO2. The number of halogens is 1. The van der Waals surface area contributed by atoms with Gasteiger partial charge in [-0.25, -0.2) is 0 Å². The minimum Gasteiger partial charge on any atom is -0.487 e. The highest BCUT2D eigenvalue weighted by atomic mass is 35.5. The molecule has 0 aromatic heterocycles. The van der Waals surface area contributed by atoms with Gasteiger partial charge in [0.25, 0.3) is 0 Å². The molecule has 1 spiro atoms. The normalized spacial score (nSPS) is 26.1. The Labute approximate surface area is 119 Å². The van der Waals surface area contributed by atoms with Crippen molar-refractivity contribution in [1.82, 2.24) is 0 Å². The molecule has 1 heterocycles. The number of fused-ring (bicyclic) bond motifs is 1. The van der Waals surface area contributed by atoms with Gasteiger partial charge < -0.3 is 9.84 Å². The van der Waals surface area contributed by atoms with Crippen LogP contribution in [0.3, 0.4) is 0 Å². The average molecular weight is 281 g/mol. The van der Waals surface area contributed by atoms with Crippen molar-refractivity contribution in [3.05, 3.63) is 28.8 Å². The van der Waals surface area contributed by atoms with Crippen molar-refractivity contribution in [3.63, 3.8) is 0 Å². The second-order valence-electron chi connectivity index (χ2n) is 5.95. The zero-order chi connectivity index (χ0) is 13.3. The van der Waals surface area contributed by atoms with Crippen LogP contribution in [0.15, 0.2) is 18.2 Å². The van der Waals surface area contributed by atoms with Crippen LogP contribution in [0.2, 0.25) is 5.02 Å². The van der Waals surface area contributed by atoms with Gasteiger partial charge >= 0.3 is 0 Å². The number of rotatable bonds is 0. The van der Waals surface area contributed by atoms with E-state index in [4.69, 9.17) is 16.3 Å². The maximum absolute atomic E-state index is 10.4. The molecule has 1 aliphatic heterocycles. The molecule has 2 aliphatic rings. The summed E-state index contributed by atoms with van der Waals surface area (Å²) in [5.41, 5.74) is 0.695. The first kappa shape index (κ1) is 13.3. The van der Waals surface area contributed by atoms with Gasteiger partial charge in [-0.05, 0) is 43.9 Å². The molecule has 0 radical (unpaired) electrons. The summed E-state index contributed by atoms with van der Waals surface area (Å²) in [5, 5.41) is 11.1. The van der Waals surface area contributed by atoms with E-state index in [1.54, 1.807) is 0 Å². The van der Waals surface area contributed by atoms with Crippen molar-refractivity contribution in [2.45, 2.75) is 63.1 Å². The number of hydrogen-bond acceptors (Lipinski definition) is 2. The van der Waals surface area contributed by atoms with Gasteiger partial charge in [0.1, 0.15) is 11.4 Å². The average Bonchev–Trinajstić information content (AvgIpc) is 2.36. The third-order valence-electron chi connectivity index (χ3n) is 4.49. The second kappa shape index (κ2) is 5.34. The second-order valence-corrected chi connectivity index (χ2v) is 6.39. The molecule has 1 N–H and O–H groups in total. The van der Waals surface area contributed by atoms with Crippen molar-refractivity contribution >= 4 is 11.6 Å². The number of aliphatic hydroxyl groups is 1. The van der Waals surface area contributed by atoms with Gasteiger partial charge in [0, 0.05) is 17.0 Å². The van der Waals surface area contributed by atoms with Crippen LogP contribution in [0.25, 0.3) is 0 Å². The van der Waals surface area contributed by atoms with Crippen LogP contribution >= 0.6 is 11.6 Å². The Balaban J connectivity index is 1.88. The van der Waals surface area contributed by atoms with Crippen molar-refractivity contribution in [2.24, 2.45) is 0 Å². The van der Waals surface area contributed by atoms with Gasteiger partial charge in [-0.3, -0.25) is 0 Å². The molecule has 0 bridgehead atoms. The highest BCUT2D eigenvalue weighted by Gasteiger charge is 2.40. The van der Waals surface area contributed by atoms with Crippen molar-refractivity contribution in [2.75, 3.05) is 0 Å². The van der Waals surface area contributed by atoms with E-state index >= 15 is 0 Å². The van der Waals surface area contributed by atoms with Crippen molar-refractivity contribution < 1.29 is 9.84 Å². The van der Waals surface area contributed by atoms with Gasteiger partial charge in [-0.15, -0.1) is 0 Å². The first-order chi connectivity index (χ1) is 9.19. The lowest BCUT2D eigenvalue weighted by molar-refractivity contribution is -0.0312. The van der Waals surface area contributed by atoms with Crippen molar-refractivity contribution in [1.29, 1.82) is 0 Å². The lowest BCUT2D eigenvalue weighted by atomic mass is 9.79. The molecule has 1 fully saturated rings. The van der Waals surface area contributed by atoms with Crippen LogP contribution < -0.4 is 4.74 Å². The van der Waals surface area contributed by atoms with E-state index in [9.17, 15) is 5.11 Å². The molecule has 0 unspecified atom stereocenters. The third-order valence-corrected chi connectivity index (χ3v) is 4.72. The zero-order valence-electron chi connectivity index (χ0n) is 11.2. The quantitative estimate of drug-likeness (QED) is 0.750. The lowest BCUT2D eigenvalue weighted by Gasteiger charge is -2.42. The van der Waals surface area contributed by atoms with E-state index in [2.05, 4.69) is 0 Å². The lowest BCUT2D eigenvalue weighted by Crippen LogP contribution is -2.41. The summed E-state index contributed by atoms with van der Waals surface area (Å²) >= 11 is 6.00. The largest absolute Gasteiger partial charge is 0.487 e. The maximum Gasteiger partial charge on any atom is 0.126 e. The molecule has 3 rings (SSSR count). The predicted molar refractivity (Wildman–Crippen MR) is 76.7 cm³/mol. The van der Waals surface area contributed by atoms with E-state index < -0.39 is 6.10 Å². The SMILES string of the molecule is O[C@H]1CC2(CCCCCCC2)Oc2ccc(Cl)cc21. The first-order valence-corrected chi connectivity index (χ1v) is 7.73. The van der Waals surface area contributed by atoms with Gasteiger partial charge in [0.2, 0.25) is 0 Å². The van der Waals surface area contributed by atoms with Gasteiger partial charge in [0.05, 0.1) is 6.10 Å². The monoisotopic (exact) mass is 280 g/mol. The summed E-state index contributed by atoms with van der Waals surface area (Å²) in [6.07, 6.45) is 8.71. The molecule has 1 saturated carbocycles. The van der Waals surface area contributed by atoms with Gasteiger partial charge in [-0.1, -0.05) is 30.9 Å². The fourth-order valence-electron chi connectivity index (χ4n) is 3.47.